The fourth-order valence-corrected chi connectivity index (χ4v) is 2.98. The first-order valence-corrected chi connectivity index (χ1v) is 8.54. The van der Waals surface area contributed by atoms with E-state index in [9.17, 15) is 4.79 Å². The van der Waals surface area contributed by atoms with Crippen molar-refractivity contribution in [3.05, 3.63) is 53.2 Å². The average molecular weight is 345 g/mol. The third kappa shape index (κ3) is 4.04. The lowest BCUT2D eigenvalue weighted by Gasteiger charge is -2.35. The summed E-state index contributed by atoms with van der Waals surface area (Å²) in [6.07, 6.45) is 1.81. The van der Waals surface area contributed by atoms with E-state index >= 15 is 0 Å². The summed E-state index contributed by atoms with van der Waals surface area (Å²) in [6, 6.07) is 10.7. The van der Waals surface area contributed by atoms with Crippen molar-refractivity contribution in [3.8, 4) is 0 Å². The van der Waals surface area contributed by atoms with E-state index in [2.05, 4.69) is 27.0 Å². The van der Waals surface area contributed by atoms with Crippen molar-refractivity contribution < 1.29 is 4.79 Å². The van der Waals surface area contributed by atoms with Crippen molar-refractivity contribution in [1.29, 1.82) is 0 Å². The number of hydrogen-bond acceptors (Lipinski definition) is 4. The number of amides is 1. The van der Waals surface area contributed by atoms with Crippen molar-refractivity contribution >= 4 is 29.0 Å². The highest BCUT2D eigenvalue weighted by molar-refractivity contribution is 6.31. The number of rotatable bonds is 4. The van der Waals surface area contributed by atoms with Crippen LogP contribution in [-0.2, 0) is 0 Å². The van der Waals surface area contributed by atoms with Gasteiger partial charge in [-0.15, -0.1) is 0 Å². The Balaban J connectivity index is 1.61. The summed E-state index contributed by atoms with van der Waals surface area (Å²) < 4.78 is 0. The molecule has 0 spiro atoms. The summed E-state index contributed by atoms with van der Waals surface area (Å²) in [5.74, 6) is 0.324. The van der Waals surface area contributed by atoms with Crippen molar-refractivity contribution in [2.24, 2.45) is 0 Å². The molecule has 2 heterocycles. The number of likely N-dealkylation sites (N-methyl/N-ethyl adjacent to an activating group) is 1. The molecule has 0 bridgehead atoms. The maximum Gasteiger partial charge on any atom is 0.256 e. The second-order valence-electron chi connectivity index (χ2n) is 5.79. The Kier molecular flexibility index (Phi) is 5.33. The number of hydrogen-bond donors (Lipinski definition) is 1. The number of benzene rings is 1. The zero-order chi connectivity index (χ0) is 16.9. The fraction of sp³-hybridized carbons (Fsp3) is 0.333. The normalized spacial score (nSPS) is 15.3. The van der Waals surface area contributed by atoms with E-state index in [4.69, 9.17) is 11.6 Å². The number of piperazine rings is 1. The molecular weight excluding hydrogens is 324 g/mol. The van der Waals surface area contributed by atoms with Crippen LogP contribution in [-0.4, -0.2) is 48.5 Å². The lowest BCUT2D eigenvalue weighted by molar-refractivity contribution is 0.102. The summed E-state index contributed by atoms with van der Waals surface area (Å²) in [6.45, 7) is 7.44. The first kappa shape index (κ1) is 16.7. The van der Waals surface area contributed by atoms with E-state index in [1.54, 1.807) is 24.3 Å². The largest absolute Gasteiger partial charge is 0.368 e. The maximum atomic E-state index is 12.2. The molecule has 2 aromatic rings. The zero-order valence-electron chi connectivity index (χ0n) is 13.7. The average Bonchev–Trinajstić information content (AvgIpc) is 2.62. The van der Waals surface area contributed by atoms with Crippen molar-refractivity contribution in [3.63, 3.8) is 0 Å². The fourth-order valence-electron chi connectivity index (χ4n) is 2.79. The van der Waals surface area contributed by atoms with E-state index in [1.807, 2.05) is 18.3 Å². The van der Waals surface area contributed by atoms with Gasteiger partial charge in [0.25, 0.3) is 5.91 Å². The summed E-state index contributed by atoms with van der Waals surface area (Å²) in [4.78, 5) is 21.3. The number of carbonyl (C=O) groups excluding carboxylic acids is 1. The Labute approximate surface area is 147 Å². The Morgan fingerprint density at radius 1 is 1.21 bits per heavy atom. The van der Waals surface area contributed by atoms with E-state index in [0.717, 1.165) is 38.4 Å². The number of anilines is 2. The molecule has 1 saturated heterocycles. The summed E-state index contributed by atoms with van der Waals surface area (Å²) >= 11 is 5.91. The molecule has 3 rings (SSSR count). The Morgan fingerprint density at radius 2 is 2.00 bits per heavy atom. The van der Waals surface area contributed by atoms with Gasteiger partial charge in [0.15, 0.2) is 0 Å². The van der Waals surface area contributed by atoms with Gasteiger partial charge in [0.1, 0.15) is 5.82 Å². The molecule has 0 unspecified atom stereocenters. The molecule has 1 amide bonds. The van der Waals surface area contributed by atoms with Gasteiger partial charge in [0, 0.05) is 36.8 Å². The molecule has 1 aliphatic heterocycles. The SMILES string of the molecule is CCN1CCN(c2ccc(NC(=O)c3cccc(Cl)c3)nc2)CC1. The minimum absolute atomic E-state index is 0.214. The first-order chi connectivity index (χ1) is 11.7. The molecule has 126 valence electrons. The topological polar surface area (TPSA) is 48.5 Å². The van der Waals surface area contributed by atoms with Crippen LogP contribution >= 0.6 is 11.6 Å². The van der Waals surface area contributed by atoms with Crippen LogP contribution in [0.5, 0.6) is 0 Å². The first-order valence-electron chi connectivity index (χ1n) is 8.16. The highest BCUT2D eigenvalue weighted by atomic mass is 35.5. The van der Waals surface area contributed by atoms with Crippen LogP contribution < -0.4 is 10.2 Å². The van der Waals surface area contributed by atoms with Crippen LogP contribution in [0.15, 0.2) is 42.6 Å². The number of pyridine rings is 1. The third-order valence-electron chi connectivity index (χ3n) is 4.26. The molecule has 1 fully saturated rings. The van der Waals surface area contributed by atoms with Gasteiger partial charge in [-0.25, -0.2) is 4.98 Å². The maximum absolute atomic E-state index is 12.2. The van der Waals surface area contributed by atoms with E-state index in [-0.39, 0.29) is 5.91 Å². The molecule has 0 aliphatic carbocycles. The van der Waals surface area contributed by atoms with Crippen LogP contribution in [0, 0.1) is 0 Å². The van der Waals surface area contributed by atoms with Crippen molar-refractivity contribution in [1.82, 2.24) is 9.88 Å². The van der Waals surface area contributed by atoms with Gasteiger partial charge in [0.05, 0.1) is 11.9 Å². The standard InChI is InChI=1S/C18H21ClN4O/c1-2-22-8-10-23(11-9-22)16-6-7-17(20-13-16)21-18(24)14-4-3-5-15(19)12-14/h3-7,12-13H,2,8-11H2,1H3,(H,20,21,24). The van der Waals surface area contributed by atoms with Gasteiger partial charge in [-0.1, -0.05) is 24.6 Å². The molecule has 0 radical (unpaired) electrons. The highest BCUT2D eigenvalue weighted by Crippen LogP contribution is 2.18. The second kappa shape index (κ2) is 7.64. The quantitative estimate of drug-likeness (QED) is 0.925. The minimum Gasteiger partial charge on any atom is -0.368 e. The molecule has 5 nitrogen and oxygen atoms in total. The van der Waals surface area contributed by atoms with E-state index in [0.29, 0.717) is 16.4 Å². The summed E-state index contributed by atoms with van der Waals surface area (Å²) in [5.41, 5.74) is 1.61. The Morgan fingerprint density at radius 3 is 2.62 bits per heavy atom. The number of aromatic nitrogens is 1. The van der Waals surface area contributed by atoms with Crippen molar-refractivity contribution in [2.45, 2.75) is 6.92 Å². The molecule has 6 heteroatoms. The molecule has 1 aromatic heterocycles. The van der Waals surface area contributed by atoms with E-state index < -0.39 is 0 Å². The molecular formula is C18H21ClN4O. The van der Waals surface area contributed by atoms with Crippen LogP contribution in [0.25, 0.3) is 0 Å². The van der Waals surface area contributed by atoms with Gasteiger partial charge < -0.3 is 15.1 Å². The van der Waals surface area contributed by atoms with Crippen LogP contribution in [0.4, 0.5) is 11.5 Å². The van der Waals surface area contributed by atoms with E-state index in [1.165, 1.54) is 0 Å². The second-order valence-corrected chi connectivity index (χ2v) is 6.22. The number of nitrogens with zero attached hydrogens (tertiary/aromatic N) is 3. The zero-order valence-corrected chi connectivity index (χ0v) is 14.5. The number of carbonyl (C=O) groups is 1. The molecule has 1 aromatic carbocycles. The van der Waals surface area contributed by atoms with Gasteiger partial charge in [-0.05, 0) is 36.9 Å². The summed E-state index contributed by atoms with van der Waals surface area (Å²) in [5, 5.41) is 3.34. The molecule has 0 atom stereocenters. The lowest BCUT2D eigenvalue weighted by atomic mass is 10.2. The number of halogens is 1. The van der Waals surface area contributed by atoms with Crippen LogP contribution in [0.3, 0.4) is 0 Å². The number of nitrogens with one attached hydrogen (secondary N) is 1. The summed E-state index contributed by atoms with van der Waals surface area (Å²) in [7, 11) is 0. The molecule has 24 heavy (non-hydrogen) atoms. The molecule has 1 aliphatic rings. The smallest absolute Gasteiger partial charge is 0.256 e. The lowest BCUT2D eigenvalue weighted by Crippen LogP contribution is -2.46. The third-order valence-corrected chi connectivity index (χ3v) is 4.50. The predicted octanol–water partition coefficient (Wildman–Crippen LogP) is 3.13. The van der Waals surface area contributed by atoms with Gasteiger partial charge in [-0.3, -0.25) is 4.79 Å². The minimum atomic E-state index is -0.214. The monoisotopic (exact) mass is 344 g/mol. The Hall–Kier alpha value is -2.11. The van der Waals surface area contributed by atoms with Gasteiger partial charge in [-0.2, -0.15) is 0 Å². The van der Waals surface area contributed by atoms with Gasteiger partial charge in [0.2, 0.25) is 0 Å². The van der Waals surface area contributed by atoms with Gasteiger partial charge >= 0.3 is 0 Å². The van der Waals surface area contributed by atoms with Crippen molar-refractivity contribution in [2.75, 3.05) is 42.9 Å². The van der Waals surface area contributed by atoms with Crippen LogP contribution in [0.2, 0.25) is 5.02 Å². The molecule has 1 N–H and O–H groups in total. The molecule has 0 saturated carbocycles. The Bertz CT molecular complexity index is 696. The predicted molar refractivity (Wildman–Crippen MR) is 98.0 cm³/mol. The van der Waals surface area contributed by atoms with Crippen LogP contribution in [0.1, 0.15) is 17.3 Å². The highest BCUT2D eigenvalue weighted by Gasteiger charge is 2.16.